The SMILES string of the molecule is CSc1cc(N(CCO)Cc2ccccc2)ncn1. The third kappa shape index (κ3) is 3.94. The van der Waals surface area contributed by atoms with E-state index in [0.29, 0.717) is 6.54 Å². The van der Waals surface area contributed by atoms with Crippen LogP contribution in [-0.4, -0.2) is 34.5 Å². The van der Waals surface area contributed by atoms with Crippen molar-refractivity contribution in [3.05, 3.63) is 48.3 Å². The van der Waals surface area contributed by atoms with E-state index in [4.69, 9.17) is 0 Å². The van der Waals surface area contributed by atoms with E-state index in [1.165, 1.54) is 5.56 Å². The first-order valence-corrected chi connectivity index (χ1v) is 7.31. The number of thioether (sulfide) groups is 1. The molecule has 0 radical (unpaired) electrons. The summed E-state index contributed by atoms with van der Waals surface area (Å²) in [7, 11) is 0. The zero-order valence-corrected chi connectivity index (χ0v) is 11.7. The first-order chi connectivity index (χ1) is 9.33. The highest BCUT2D eigenvalue weighted by molar-refractivity contribution is 7.98. The predicted molar refractivity (Wildman–Crippen MR) is 78.4 cm³/mol. The van der Waals surface area contributed by atoms with Crippen LogP contribution in [0.1, 0.15) is 5.56 Å². The monoisotopic (exact) mass is 275 g/mol. The fourth-order valence-electron chi connectivity index (χ4n) is 1.81. The average Bonchev–Trinajstić information content (AvgIpc) is 2.48. The first kappa shape index (κ1) is 13.8. The summed E-state index contributed by atoms with van der Waals surface area (Å²) in [5.74, 6) is 0.845. The Hall–Kier alpha value is -1.59. The number of aliphatic hydroxyl groups excluding tert-OH is 1. The summed E-state index contributed by atoms with van der Waals surface area (Å²) >= 11 is 1.58. The number of aromatic nitrogens is 2. The van der Waals surface area contributed by atoms with Gasteiger partial charge < -0.3 is 10.0 Å². The molecule has 4 nitrogen and oxygen atoms in total. The van der Waals surface area contributed by atoms with Crippen LogP contribution in [0.3, 0.4) is 0 Å². The van der Waals surface area contributed by atoms with Crippen LogP contribution in [0.5, 0.6) is 0 Å². The zero-order valence-electron chi connectivity index (χ0n) is 10.9. The van der Waals surface area contributed by atoms with E-state index in [1.807, 2.05) is 30.5 Å². The largest absolute Gasteiger partial charge is 0.395 e. The number of aliphatic hydroxyl groups is 1. The maximum atomic E-state index is 9.21. The smallest absolute Gasteiger partial charge is 0.133 e. The minimum absolute atomic E-state index is 0.103. The highest BCUT2D eigenvalue weighted by atomic mass is 32.2. The van der Waals surface area contributed by atoms with Crippen LogP contribution in [0.4, 0.5) is 5.82 Å². The molecule has 2 aromatic rings. The Morgan fingerprint density at radius 3 is 2.68 bits per heavy atom. The van der Waals surface area contributed by atoms with E-state index in [-0.39, 0.29) is 6.61 Å². The zero-order chi connectivity index (χ0) is 13.5. The Balaban J connectivity index is 2.19. The van der Waals surface area contributed by atoms with Crippen molar-refractivity contribution in [1.29, 1.82) is 0 Å². The molecule has 0 unspecified atom stereocenters. The molecule has 0 aliphatic rings. The first-order valence-electron chi connectivity index (χ1n) is 6.09. The Morgan fingerprint density at radius 2 is 2.00 bits per heavy atom. The molecule has 2 rings (SSSR count). The van der Waals surface area contributed by atoms with E-state index in [0.717, 1.165) is 17.4 Å². The Kier molecular flexibility index (Phi) is 5.18. The minimum Gasteiger partial charge on any atom is -0.395 e. The summed E-state index contributed by atoms with van der Waals surface area (Å²) in [6.45, 7) is 1.39. The third-order valence-corrected chi connectivity index (χ3v) is 3.39. The molecule has 0 spiro atoms. The molecular formula is C14H17N3OS. The summed E-state index contributed by atoms with van der Waals surface area (Å²) in [6, 6.07) is 12.1. The standard InChI is InChI=1S/C14H17N3OS/c1-19-14-9-13(15-11-16-14)17(7-8-18)10-12-5-3-2-4-6-12/h2-6,9,11,18H,7-8,10H2,1H3. The maximum Gasteiger partial charge on any atom is 0.133 e. The van der Waals surface area contributed by atoms with Gasteiger partial charge in [0.25, 0.3) is 0 Å². The fraction of sp³-hybridized carbons (Fsp3) is 0.286. The van der Waals surface area contributed by atoms with Crippen LogP contribution in [0.15, 0.2) is 47.8 Å². The number of anilines is 1. The van der Waals surface area contributed by atoms with Crippen LogP contribution in [0.25, 0.3) is 0 Å². The van der Waals surface area contributed by atoms with Crippen molar-refractivity contribution in [3.63, 3.8) is 0 Å². The van der Waals surface area contributed by atoms with Gasteiger partial charge >= 0.3 is 0 Å². The van der Waals surface area contributed by atoms with Crippen molar-refractivity contribution in [2.45, 2.75) is 11.6 Å². The van der Waals surface area contributed by atoms with Crippen LogP contribution < -0.4 is 4.90 Å². The van der Waals surface area contributed by atoms with Crippen molar-refractivity contribution in [3.8, 4) is 0 Å². The van der Waals surface area contributed by atoms with Gasteiger partial charge in [0.05, 0.1) is 6.61 Å². The summed E-state index contributed by atoms with van der Waals surface area (Å²) < 4.78 is 0. The Bertz CT molecular complexity index is 507. The van der Waals surface area contributed by atoms with Crippen LogP contribution in [-0.2, 0) is 6.54 Å². The second-order valence-electron chi connectivity index (χ2n) is 4.05. The van der Waals surface area contributed by atoms with Crippen molar-refractivity contribution in [1.82, 2.24) is 9.97 Å². The number of rotatable bonds is 6. The molecule has 0 fully saturated rings. The van der Waals surface area contributed by atoms with Crippen molar-refractivity contribution in [2.75, 3.05) is 24.3 Å². The molecule has 0 bridgehead atoms. The molecule has 0 saturated heterocycles. The molecule has 100 valence electrons. The van der Waals surface area contributed by atoms with Crippen LogP contribution >= 0.6 is 11.8 Å². The molecule has 19 heavy (non-hydrogen) atoms. The molecule has 0 aliphatic carbocycles. The average molecular weight is 275 g/mol. The van der Waals surface area contributed by atoms with Gasteiger partial charge in [-0.1, -0.05) is 30.3 Å². The quantitative estimate of drug-likeness (QED) is 0.647. The van der Waals surface area contributed by atoms with Gasteiger partial charge in [0.2, 0.25) is 0 Å². The molecule has 0 saturated carbocycles. The Labute approximate surface area is 117 Å². The molecule has 1 aromatic carbocycles. The number of hydrogen-bond acceptors (Lipinski definition) is 5. The summed E-state index contributed by atoms with van der Waals surface area (Å²) in [5.41, 5.74) is 1.19. The Morgan fingerprint density at radius 1 is 1.21 bits per heavy atom. The molecule has 1 heterocycles. The lowest BCUT2D eigenvalue weighted by molar-refractivity contribution is 0.301. The normalized spacial score (nSPS) is 10.4. The van der Waals surface area contributed by atoms with Gasteiger partial charge in [-0.2, -0.15) is 0 Å². The summed E-state index contributed by atoms with van der Waals surface area (Å²) in [5, 5.41) is 10.1. The molecular weight excluding hydrogens is 258 g/mol. The highest BCUT2D eigenvalue weighted by Crippen LogP contribution is 2.19. The molecule has 5 heteroatoms. The minimum atomic E-state index is 0.103. The van der Waals surface area contributed by atoms with Crippen molar-refractivity contribution < 1.29 is 5.11 Å². The van der Waals surface area contributed by atoms with Gasteiger partial charge in [-0.25, -0.2) is 9.97 Å². The van der Waals surface area contributed by atoms with Gasteiger partial charge in [-0.3, -0.25) is 0 Å². The van der Waals surface area contributed by atoms with Gasteiger partial charge in [0.15, 0.2) is 0 Å². The second-order valence-corrected chi connectivity index (χ2v) is 4.88. The lowest BCUT2D eigenvalue weighted by Gasteiger charge is -2.23. The lowest BCUT2D eigenvalue weighted by atomic mass is 10.2. The second kappa shape index (κ2) is 7.11. The van der Waals surface area contributed by atoms with Gasteiger partial charge in [0, 0.05) is 19.2 Å². The van der Waals surface area contributed by atoms with Crippen molar-refractivity contribution in [2.24, 2.45) is 0 Å². The van der Waals surface area contributed by atoms with Gasteiger partial charge in [0.1, 0.15) is 17.2 Å². The third-order valence-electron chi connectivity index (χ3n) is 2.75. The molecule has 0 aliphatic heterocycles. The summed E-state index contributed by atoms with van der Waals surface area (Å²) in [4.78, 5) is 10.5. The van der Waals surface area contributed by atoms with Crippen molar-refractivity contribution >= 4 is 17.6 Å². The highest BCUT2D eigenvalue weighted by Gasteiger charge is 2.09. The van der Waals surface area contributed by atoms with Crippen LogP contribution in [0, 0.1) is 0 Å². The van der Waals surface area contributed by atoms with E-state index in [1.54, 1.807) is 18.1 Å². The number of hydrogen-bond donors (Lipinski definition) is 1. The number of nitrogens with zero attached hydrogens (tertiary/aromatic N) is 3. The van der Waals surface area contributed by atoms with E-state index in [9.17, 15) is 5.11 Å². The maximum absolute atomic E-state index is 9.21. The van der Waals surface area contributed by atoms with E-state index in [2.05, 4.69) is 27.0 Å². The summed E-state index contributed by atoms with van der Waals surface area (Å²) in [6.07, 6.45) is 3.55. The van der Waals surface area contributed by atoms with E-state index >= 15 is 0 Å². The predicted octanol–water partition coefficient (Wildman–Crippen LogP) is 2.20. The van der Waals surface area contributed by atoms with Gasteiger partial charge in [-0.15, -0.1) is 11.8 Å². The van der Waals surface area contributed by atoms with E-state index < -0.39 is 0 Å². The molecule has 0 atom stereocenters. The molecule has 1 aromatic heterocycles. The lowest BCUT2D eigenvalue weighted by Crippen LogP contribution is -2.27. The van der Waals surface area contributed by atoms with Gasteiger partial charge in [-0.05, 0) is 11.8 Å². The molecule has 0 amide bonds. The topological polar surface area (TPSA) is 49.2 Å². The molecule has 1 N–H and O–H groups in total. The fourth-order valence-corrected chi connectivity index (χ4v) is 2.19. The number of benzene rings is 1. The van der Waals surface area contributed by atoms with Crippen LogP contribution in [0.2, 0.25) is 0 Å².